The third kappa shape index (κ3) is 5.81. The second-order valence-electron chi connectivity index (χ2n) is 8.71. The minimum atomic E-state index is -0.903. The number of hydrogen-bond acceptors (Lipinski definition) is 3. The molecule has 2 aromatic carbocycles. The van der Waals surface area contributed by atoms with Crippen LogP contribution in [0.2, 0.25) is 0 Å². The number of carbonyl (C=O) groups is 1. The molecule has 1 amide bonds. The summed E-state index contributed by atoms with van der Waals surface area (Å²) in [4.78, 5) is 15.3. The summed E-state index contributed by atoms with van der Waals surface area (Å²) in [6.07, 6.45) is -0.0849. The fourth-order valence-corrected chi connectivity index (χ4v) is 4.34. The highest BCUT2D eigenvalue weighted by atomic mass is 16.4. The van der Waals surface area contributed by atoms with E-state index in [4.69, 9.17) is 0 Å². The fourth-order valence-electron chi connectivity index (χ4n) is 4.34. The van der Waals surface area contributed by atoms with Crippen molar-refractivity contribution in [2.75, 3.05) is 13.1 Å². The number of benzene rings is 2. The van der Waals surface area contributed by atoms with Gasteiger partial charge in [0.05, 0.1) is 6.10 Å². The fraction of sp³-hybridized carbons (Fsp3) is 0.458. The number of likely N-dealkylation sites (tertiary alicyclic amines) is 1. The molecule has 0 aliphatic carbocycles. The molecule has 2 aromatic rings. The van der Waals surface area contributed by atoms with Crippen molar-refractivity contribution in [1.82, 2.24) is 9.80 Å². The maximum atomic E-state index is 11.5. The molecule has 1 saturated heterocycles. The third-order valence-electron chi connectivity index (χ3n) is 5.92. The summed E-state index contributed by atoms with van der Waals surface area (Å²) in [7, 11) is 0. The van der Waals surface area contributed by atoms with Crippen molar-refractivity contribution in [3.05, 3.63) is 71.8 Å². The van der Waals surface area contributed by atoms with Gasteiger partial charge in [-0.1, -0.05) is 60.7 Å². The summed E-state index contributed by atoms with van der Waals surface area (Å²) < 4.78 is 0. The predicted octanol–water partition coefficient (Wildman–Crippen LogP) is 4.22. The monoisotopic (exact) mass is 396 g/mol. The highest BCUT2D eigenvalue weighted by molar-refractivity contribution is 5.66. The van der Waals surface area contributed by atoms with Crippen molar-refractivity contribution in [2.24, 2.45) is 5.92 Å². The van der Waals surface area contributed by atoms with Gasteiger partial charge in [0.2, 0.25) is 0 Å². The molecule has 5 heteroatoms. The Labute approximate surface area is 173 Å². The second-order valence-corrected chi connectivity index (χ2v) is 8.71. The Hall–Kier alpha value is -2.37. The van der Waals surface area contributed by atoms with Gasteiger partial charge in [-0.05, 0) is 37.8 Å². The van der Waals surface area contributed by atoms with E-state index in [0.29, 0.717) is 19.4 Å². The molecule has 0 radical (unpaired) electrons. The molecule has 1 aliphatic rings. The largest absolute Gasteiger partial charge is 0.465 e. The average molecular weight is 397 g/mol. The van der Waals surface area contributed by atoms with Crippen LogP contribution in [0.4, 0.5) is 4.79 Å². The van der Waals surface area contributed by atoms with Crippen molar-refractivity contribution < 1.29 is 15.0 Å². The lowest BCUT2D eigenvalue weighted by Gasteiger charge is -2.28. The number of hydrogen-bond donors (Lipinski definition) is 2. The first-order valence-electron chi connectivity index (χ1n) is 10.3. The minimum Gasteiger partial charge on any atom is -0.465 e. The van der Waals surface area contributed by atoms with Crippen LogP contribution in [0.15, 0.2) is 60.7 Å². The smallest absolute Gasteiger partial charge is 0.407 e. The molecular weight excluding hydrogens is 364 g/mol. The molecule has 1 aliphatic heterocycles. The summed E-state index contributed by atoms with van der Waals surface area (Å²) in [5, 5.41) is 20.2. The van der Waals surface area contributed by atoms with Gasteiger partial charge in [-0.2, -0.15) is 0 Å². The number of aliphatic hydroxyl groups is 1. The number of nitrogens with zero attached hydrogens (tertiary/aromatic N) is 2. The number of rotatable bonds is 8. The molecule has 1 heterocycles. The summed E-state index contributed by atoms with van der Waals surface area (Å²) in [5.41, 5.74) is 2.07. The lowest BCUT2D eigenvalue weighted by molar-refractivity contribution is 0.0837. The molecule has 156 valence electrons. The second kappa shape index (κ2) is 9.42. The zero-order chi connectivity index (χ0) is 20.9. The lowest BCUT2D eigenvalue weighted by Crippen LogP contribution is -2.41. The molecule has 2 N–H and O–H groups in total. The molecule has 0 aromatic heterocycles. The summed E-state index contributed by atoms with van der Waals surface area (Å²) in [6, 6.07) is 20.7. The van der Waals surface area contributed by atoms with Gasteiger partial charge in [-0.25, -0.2) is 4.79 Å². The first-order chi connectivity index (χ1) is 13.8. The topological polar surface area (TPSA) is 64.0 Å². The highest BCUT2D eigenvalue weighted by Crippen LogP contribution is 2.35. The normalized spacial score (nSPS) is 19.4. The van der Waals surface area contributed by atoms with Gasteiger partial charge in [-0.3, -0.25) is 4.90 Å². The van der Waals surface area contributed by atoms with E-state index in [1.165, 1.54) is 16.0 Å². The molecule has 29 heavy (non-hydrogen) atoms. The Bertz CT molecular complexity index is 738. The van der Waals surface area contributed by atoms with Crippen molar-refractivity contribution in [3.63, 3.8) is 0 Å². The van der Waals surface area contributed by atoms with E-state index in [-0.39, 0.29) is 5.92 Å². The van der Waals surface area contributed by atoms with Crippen LogP contribution in [0.25, 0.3) is 0 Å². The summed E-state index contributed by atoms with van der Waals surface area (Å²) in [6.45, 7) is 6.67. The van der Waals surface area contributed by atoms with Gasteiger partial charge in [-0.15, -0.1) is 0 Å². The van der Waals surface area contributed by atoms with Crippen LogP contribution in [-0.4, -0.2) is 50.8 Å². The maximum absolute atomic E-state index is 11.5. The molecule has 0 spiro atoms. The predicted molar refractivity (Wildman–Crippen MR) is 115 cm³/mol. The Kier molecular flexibility index (Phi) is 6.93. The molecule has 5 nitrogen and oxygen atoms in total. The number of aliphatic hydroxyl groups excluding tert-OH is 1. The van der Waals surface area contributed by atoms with E-state index in [9.17, 15) is 15.0 Å². The lowest BCUT2D eigenvalue weighted by atomic mass is 9.91. The van der Waals surface area contributed by atoms with E-state index < -0.39 is 17.7 Å². The highest BCUT2D eigenvalue weighted by Gasteiger charge is 2.43. The summed E-state index contributed by atoms with van der Waals surface area (Å²) >= 11 is 0. The number of amides is 1. The number of carboxylic acid groups (broad SMARTS) is 1. The van der Waals surface area contributed by atoms with Crippen molar-refractivity contribution in [2.45, 2.75) is 51.4 Å². The first-order valence-corrected chi connectivity index (χ1v) is 10.3. The standard InChI is InChI=1S/C24H32N2O3/c1-24(2)15-21(18-26(24)23(28)29)22(27)13-14-25(16-19-9-5-3-6-10-19)17-20-11-7-4-8-12-20/h3-12,21-22,27H,13-18H2,1-2H3,(H,28,29). The Balaban J connectivity index is 1.62. The zero-order valence-electron chi connectivity index (χ0n) is 17.4. The van der Waals surface area contributed by atoms with E-state index in [2.05, 4.69) is 29.2 Å². The van der Waals surface area contributed by atoms with Crippen LogP contribution in [0.1, 0.15) is 37.8 Å². The van der Waals surface area contributed by atoms with Crippen LogP contribution in [0.3, 0.4) is 0 Å². The SMILES string of the molecule is CC1(C)CC(C(O)CCN(Cc2ccccc2)Cc2ccccc2)CN1C(=O)O. The van der Waals surface area contributed by atoms with Gasteiger partial charge in [0.1, 0.15) is 0 Å². The first kappa shape index (κ1) is 21.3. The molecule has 0 bridgehead atoms. The van der Waals surface area contributed by atoms with E-state index in [1.54, 1.807) is 0 Å². The van der Waals surface area contributed by atoms with Crippen LogP contribution in [0.5, 0.6) is 0 Å². The Morgan fingerprint density at radius 3 is 2.03 bits per heavy atom. The van der Waals surface area contributed by atoms with E-state index >= 15 is 0 Å². The van der Waals surface area contributed by atoms with Crippen LogP contribution < -0.4 is 0 Å². The van der Waals surface area contributed by atoms with Gasteiger partial charge in [0, 0.05) is 37.6 Å². The molecule has 2 unspecified atom stereocenters. The Morgan fingerprint density at radius 1 is 1.07 bits per heavy atom. The molecule has 2 atom stereocenters. The van der Waals surface area contributed by atoms with Crippen molar-refractivity contribution >= 4 is 6.09 Å². The molecular formula is C24H32N2O3. The quantitative estimate of drug-likeness (QED) is 0.701. The third-order valence-corrected chi connectivity index (χ3v) is 5.92. The van der Waals surface area contributed by atoms with Crippen molar-refractivity contribution in [3.8, 4) is 0 Å². The molecule has 1 fully saturated rings. The molecule has 0 saturated carbocycles. The van der Waals surface area contributed by atoms with Gasteiger partial charge >= 0.3 is 6.09 Å². The van der Waals surface area contributed by atoms with Crippen LogP contribution in [-0.2, 0) is 13.1 Å². The van der Waals surface area contributed by atoms with Crippen LogP contribution in [0, 0.1) is 5.92 Å². The van der Waals surface area contributed by atoms with Gasteiger partial charge in [0.25, 0.3) is 0 Å². The minimum absolute atomic E-state index is 0.0172. The zero-order valence-corrected chi connectivity index (χ0v) is 17.4. The van der Waals surface area contributed by atoms with E-state index in [1.807, 2.05) is 50.2 Å². The summed E-state index contributed by atoms with van der Waals surface area (Å²) in [5.74, 6) is -0.0172. The average Bonchev–Trinajstić information content (AvgIpc) is 3.03. The maximum Gasteiger partial charge on any atom is 0.407 e. The van der Waals surface area contributed by atoms with Gasteiger partial charge in [0.15, 0.2) is 0 Å². The van der Waals surface area contributed by atoms with Crippen molar-refractivity contribution in [1.29, 1.82) is 0 Å². The van der Waals surface area contributed by atoms with Crippen LogP contribution >= 0.6 is 0 Å². The van der Waals surface area contributed by atoms with Gasteiger partial charge < -0.3 is 15.1 Å². The molecule has 3 rings (SSSR count). The Morgan fingerprint density at radius 2 is 1.59 bits per heavy atom. The van der Waals surface area contributed by atoms with E-state index in [0.717, 1.165) is 19.6 Å².